The molecule has 11 nitrogen and oxygen atoms in total. The Morgan fingerprint density at radius 3 is 1.35 bits per heavy atom. The second kappa shape index (κ2) is 55.2. The van der Waals surface area contributed by atoms with Gasteiger partial charge in [0.2, 0.25) is 5.91 Å². The van der Waals surface area contributed by atoms with Gasteiger partial charge in [0, 0.05) is 6.42 Å². The lowest BCUT2D eigenvalue weighted by molar-refractivity contribution is -0.305. The van der Waals surface area contributed by atoms with Gasteiger partial charge in [0.1, 0.15) is 24.4 Å². The standard InChI is InChI=1S/C67H123NO10/c1-4-7-10-13-16-19-22-24-25-26-27-28-29-30-31-32-33-34-35-37-40-43-46-49-52-55-62(72)78-65-64(74)63(73)61(56-69)77-67(65)76-57-58(59(70)53-50-47-44-41-38-21-18-15-12-9-6-3)68-66(75)60(71)54-51-48-45-42-39-36-23-20-17-14-11-8-5-2/h16,19,24-25,39,42,50,53,58-61,63-65,67,69-71,73-74H,4-15,17-18,20-23,26-38,40-41,43-49,51-52,54-57H2,1-3H3,(H,68,75)/b19-16-,25-24-,42-39-,53-50+. The van der Waals surface area contributed by atoms with Crippen LogP contribution in [0.25, 0.3) is 0 Å². The Balaban J connectivity index is 2.56. The zero-order valence-electron chi connectivity index (χ0n) is 50.5. The summed E-state index contributed by atoms with van der Waals surface area (Å²) in [6.07, 6.45) is 57.4. The largest absolute Gasteiger partial charge is 0.454 e. The monoisotopic (exact) mass is 1100 g/mol. The number of nitrogens with one attached hydrogen (secondary N) is 1. The summed E-state index contributed by atoms with van der Waals surface area (Å²) in [5.74, 6) is -1.20. The van der Waals surface area contributed by atoms with Crippen LogP contribution in [-0.2, 0) is 23.8 Å². The third-order valence-corrected chi connectivity index (χ3v) is 15.5. The van der Waals surface area contributed by atoms with Crippen LogP contribution < -0.4 is 5.32 Å². The van der Waals surface area contributed by atoms with Gasteiger partial charge in [0.05, 0.1) is 25.4 Å². The number of hydrogen-bond acceptors (Lipinski definition) is 10. The van der Waals surface area contributed by atoms with E-state index < -0.39 is 67.4 Å². The molecule has 0 spiro atoms. The van der Waals surface area contributed by atoms with Crippen molar-refractivity contribution in [2.24, 2.45) is 0 Å². The summed E-state index contributed by atoms with van der Waals surface area (Å²) >= 11 is 0. The highest BCUT2D eigenvalue weighted by Gasteiger charge is 2.47. The van der Waals surface area contributed by atoms with E-state index in [1.165, 1.54) is 193 Å². The first kappa shape index (κ1) is 73.6. The molecule has 1 aliphatic heterocycles. The van der Waals surface area contributed by atoms with Gasteiger partial charge in [0.25, 0.3) is 0 Å². The highest BCUT2D eigenvalue weighted by atomic mass is 16.7. The molecular formula is C67H123NO10. The second-order valence-corrected chi connectivity index (χ2v) is 22.8. The van der Waals surface area contributed by atoms with Crippen molar-refractivity contribution in [2.75, 3.05) is 13.2 Å². The SMILES string of the molecule is CCCCC/C=C\C/C=C\CCCCCCCCCCCCCCCCCC(=O)OC1C(OCC(NC(=O)C(O)CCCC/C=C\CCCCCCCCC)C(O)/C=C/CCCCCCCCCCC)OC(CO)C(O)C1O. The van der Waals surface area contributed by atoms with Crippen LogP contribution in [0.4, 0.5) is 0 Å². The third-order valence-electron chi connectivity index (χ3n) is 15.5. The van der Waals surface area contributed by atoms with Crippen LogP contribution in [0, 0.1) is 0 Å². The molecule has 78 heavy (non-hydrogen) atoms. The van der Waals surface area contributed by atoms with E-state index in [0.29, 0.717) is 12.8 Å². The first-order chi connectivity index (χ1) is 38.2. The van der Waals surface area contributed by atoms with Gasteiger partial charge in [-0.05, 0) is 83.5 Å². The van der Waals surface area contributed by atoms with Gasteiger partial charge < -0.3 is 45.1 Å². The van der Waals surface area contributed by atoms with Gasteiger partial charge in [0.15, 0.2) is 12.4 Å². The molecule has 1 rings (SSSR count). The molecule has 0 aromatic heterocycles. The zero-order chi connectivity index (χ0) is 56.8. The van der Waals surface area contributed by atoms with E-state index >= 15 is 0 Å². The fourth-order valence-electron chi connectivity index (χ4n) is 10.2. The number of allylic oxidation sites excluding steroid dienone is 7. The Morgan fingerprint density at radius 2 is 0.885 bits per heavy atom. The maximum absolute atomic E-state index is 13.4. The summed E-state index contributed by atoms with van der Waals surface area (Å²) in [6.45, 7) is 5.76. The summed E-state index contributed by atoms with van der Waals surface area (Å²) in [5, 5.41) is 56.9. The number of carbonyl (C=O) groups is 2. The zero-order valence-corrected chi connectivity index (χ0v) is 50.5. The minimum absolute atomic E-state index is 0.123. The Labute approximate surface area is 478 Å². The quantitative estimate of drug-likeness (QED) is 0.0195. The van der Waals surface area contributed by atoms with Gasteiger partial charge in [-0.25, -0.2) is 0 Å². The number of hydrogen-bond donors (Lipinski definition) is 6. The van der Waals surface area contributed by atoms with Gasteiger partial charge in [-0.15, -0.1) is 0 Å². The van der Waals surface area contributed by atoms with Crippen molar-refractivity contribution in [3.8, 4) is 0 Å². The number of carbonyl (C=O) groups excluding carboxylic acids is 2. The van der Waals surface area contributed by atoms with Crippen LogP contribution in [0.2, 0.25) is 0 Å². The lowest BCUT2D eigenvalue weighted by Gasteiger charge is -2.41. The first-order valence-corrected chi connectivity index (χ1v) is 32.9. The number of aliphatic hydroxyl groups excluding tert-OH is 5. The fraction of sp³-hybridized carbons (Fsp3) is 0.851. The molecule has 0 saturated carbocycles. The number of amides is 1. The molecule has 8 unspecified atom stereocenters. The summed E-state index contributed by atoms with van der Waals surface area (Å²) in [5.41, 5.74) is 0. The van der Waals surface area contributed by atoms with E-state index in [4.69, 9.17) is 14.2 Å². The molecule has 0 radical (unpaired) electrons. The molecule has 1 fully saturated rings. The van der Waals surface area contributed by atoms with Crippen LogP contribution in [0.15, 0.2) is 48.6 Å². The average Bonchev–Trinajstić information content (AvgIpc) is 3.44. The number of unbranched alkanes of at least 4 members (excludes halogenated alkanes) is 36. The lowest BCUT2D eigenvalue weighted by Crippen LogP contribution is -2.61. The molecular weight excluding hydrogens is 979 g/mol. The van der Waals surface area contributed by atoms with Crippen LogP contribution in [-0.4, -0.2) is 99.6 Å². The molecule has 0 bridgehead atoms. The van der Waals surface area contributed by atoms with E-state index in [9.17, 15) is 35.1 Å². The molecule has 11 heteroatoms. The summed E-state index contributed by atoms with van der Waals surface area (Å²) < 4.78 is 17.6. The van der Waals surface area contributed by atoms with Crippen LogP contribution in [0.1, 0.15) is 303 Å². The summed E-state index contributed by atoms with van der Waals surface area (Å²) in [4.78, 5) is 26.5. The van der Waals surface area contributed by atoms with Gasteiger partial charge in [-0.3, -0.25) is 9.59 Å². The second-order valence-electron chi connectivity index (χ2n) is 22.8. The highest BCUT2D eigenvalue weighted by molar-refractivity contribution is 5.80. The smallest absolute Gasteiger partial charge is 0.306 e. The molecule has 0 aromatic carbocycles. The average molecular weight is 1100 g/mol. The topological polar surface area (TPSA) is 175 Å². The molecule has 6 N–H and O–H groups in total. The number of rotatable bonds is 56. The summed E-state index contributed by atoms with van der Waals surface area (Å²) in [7, 11) is 0. The van der Waals surface area contributed by atoms with Crippen molar-refractivity contribution in [1.29, 1.82) is 0 Å². The lowest BCUT2D eigenvalue weighted by atomic mass is 9.99. The van der Waals surface area contributed by atoms with Gasteiger partial charge >= 0.3 is 5.97 Å². The van der Waals surface area contributed by atoms with E-state index in [1.54, 1.807) is 6.08 Å². The van der Waals surface area contributed by atoms with E-state index in [1.807, 2.05) is 6.08 Å². The van der Waals surface area contributed by atoms with Crippen LogP contribution >= 0.6 is 0 Å². The van der Waals surface area contributed by atoms with Crippen molar-refractivity contribution in [3.63, 3.8) is 0 Å². The Bertz CT molecular complexity index is 1450. The number of esters is 1. The van der Waals surface area contributed by atoms with E-state index in [-0.39, 0.29) is 19.4 Å². The predicted molar refractivity (Wildman–Crippen MR) is 324 cm³/mol. The summed E-state index contributed by atoms with van der Waals surface area (Å²) in [6, 6.07) is -1.03. The maximum Gasteiger partial charge on any atom is 0.306 e. The first-order valence-electron chi connectivity index (χ1n) is 32.9. The molecule has 1 saturated heterocycles. The van der Waals surface area contributed by atoms with Crippen molar-refractivity contribution in [2.45, 2.75) is 352 Å². The molecule has 0 aliphatic carbocycles. The van der Waals surface area contributed by atoms with Crippen molar-refractivity contribution < 1.29 is 49.3 Å². The normalized spacial score (nSPS) is 19.2. The molecule has 1 amide bonds. The van der Waals surface area contributed by atoms with E-state index in [2.05, 4.69) is 62.5 Å². The molecule has 1 heterocycles. The van der Waals surface area contributed by atoms with E-state index in [0.717, 1.165) is 64.2 Å². The molecule has 456 valence electrons. The van der Waals surface area contributed by atoms with Gasteiger partial charge in [-0.2, -0.15) is 0 Å². The Hall–Kier alpha value is -2.38. The van der Waals surface area contributed by atoms with Crippen molar-refractivity contribution in [1.82, 2.24) is 5.32 Å². The third kappa shape index (κ3) is 42.5. The Kier molecular flexibility index (Phi) is 52.1. The fourth-order valence-corrected chi connectivity index (χ4v) is 10.2. The number of ether oxygens (including phenoxy) is 3. The molecule has 1 aliphatic rings. The molecule has 0 aromatic rings. The van der Waals surface area contributed by atoms with Crippen molar-refractivity contribution >= 4 is 11.9 Å². The minimum Gasteiger partial charge on any atom is -0.454 e. The molecule has 8 atom stereocenters. The minimum atomic E-state index is -1.61. The Morgan fingerprint density at radius 1 is 0.500 bits per heavy atom. The number of aliphatic hydroxyl groups is 5. The van der Waals surface area contributed by atoms with Crippen molar-refractivity contribution in [3.05, 3.63) is 48.6 Å². The predicted octanol–water partition coefficient (Wildman–Crippen LogP) is 16.0. The van der Waals surface area contributed by atoms with Gasteiger partial charge in [-0.1, -0.05) is 262 Å². The maximum atomic E-state index is 13.4. The van der Waals surface area contributed by atoms with Crippen LogP contribution in [0.3, 0.4) is 0 Å². The highest BCUT2D eigenvalue weighted by Crippen LogP contribution is 2.26. The van der Waals surface area contributed by atoms with Crippen LogP contribution in [0.5, 0.6) is 0 Å².